The Kier molecular flexibility index (Phi) is 3.67. The first-order chi connectivity index (χ1) is 10.5. The van der Waals surface area contributed by atoms with Crippen LogP contribution in [0.5, 0.6) is 0 Å². The maximum Gasteiger partial charge on any atom is 0.241 e. The average molecular weight is 320 g/mol. The summed E-state index contributed by atoms with van der Waals surface area (Å²) in [6, 6.07) is 8.82. The van der Waals surface area contributed by atoms with E-state index < -0.39 is 15.8 Å². The van der Waals surface area contributed by atoms with Crippen molar-refractivity contribution in [2.45, 2.75) is 18.4 Å². The van der Waals surface area contributed by atoms with Crippen molar-refractivity contribution in [1.29, 1.82) is 0 Å². The fraction of sp³-hybridized carbons (Fsp3) is 0.133. The van der Waals surface area contributed by atoms with Gasteiger partial charge in [-0.25, -0.2) is 22.5 Å². The minimum Gasteiger partial charge on any atom is -0.443 e. The number of nitrogens with one attached hydrogen (secondary N) is 1. The van der Waals surface area contributed by atoms with Crippen LogP contribution < -0.4 is 4.72 Å². The third kappa shape index (κ3) is 2.86. The Labute approximate surface area is 126 Å². The zero-order valence-corrected chi connectivity index (χ0v) is 12.5. The standard InChI is InChI=1S/C15H13FN2O3S/c1-10-6-12(16)3-5-15(10)22(19,20)18-8-11-2-4-13-14(7-11)21-9-17-13/h2-7,9,18H,8H2,1H3. The Morgan fingerprint density at radius 2 is 2.05 bits per heavy atom. The minimum absolute atomic E-state index is 0.0645. The van der Waals surface area contributed by atoms with E-state index >= 15 is 0 Å². The molecule has 5 nitrogen and oxygen atoms in total. The van der Waals surface area contributed by atoms with Crippen LogP contribution in [-0.4, -0.2) is 13.4 Å². The van der Waals surface area contributed by atoms with Crippen LogP contribution in [0.2, 0.25) is 0 Å². The summed E-state index contributed by atoms with van der Waals surface area (Å²) in [7, 11) is -3.71. The van der Waals surface area contributed by atoms with Crippen molar-refractivity contribution in [1.82, 2.24) is 9.71 Å². The van der Waals surface area contributed by atoms with E-state index in [1.807, 2.05) is 0 Å². The van der Waals surface area contributed by atoms with Crippen LogP contribution in [0.15, 0.2) is 52.1 Å². The van der Waals surface area contributed by atoms with Gasteiger partial charge >= 0.3 is 0 Å². The SMILES string of the molecule is Cc1cc(F)ccc1S(=O)(=O)NCc1ccc2ncoc2c1. The highest BCUT2D eigenvalue weighted by Crippen LogP contribution is 2.18. The van der Waals surface area contributed by atoms with Gasteiger partial charge in [-0.2, -0.15) is 0 Å². The Bertz CT molecular complexity index is 935. The number of halogens is 1. The van der Waals surface area contributed by atoms with Crippen molar-refractivity contribution < 1.29 is 17.2 Å². The summed E-state index contributed by atoms with van der Waals surface area (Å²) >= 11 is 0. The third-order valence-corrected chi connectivity index (χ3v) is 4.85. The van der Waals surface area contributed by atoms with Crippen LogP contribution in [0.1, 0.15) is 11.1 Å². The van der Waals surface area contributed by atoms with Crippen LogP contribution in [0, 0.1) is 12.7 Å². The maximum atomic E-state index is 13.1. The van der Waals surface area contributed by atoms with Crippen molar-refractivity contribution in [2.75, 3.05) is 0 Å². The number of nitrogens with zero attached hydrogens (tertiary/aromatic N) is 1. The summed E-state index contributed by atoms with van der Waals surface area (Å²) in [5.74, 6) is -0.466. The lowest BCUT2D eigenvalue weighted by molar-refractivity contribution is 0.579. The molecule has 114 valence electrons. The van der Waals surface area contributed by atoms with E-state index in [-0.39, 0.29) is 11.4 Å². The zero-order chi connectivity index (χ0) is 15.7. The number of hydrogen-bond acceptors (Lipinski definition) is 4. The monoisotopic (exact) mass is 320 g/mol. The summed E-state index contributed by atoms with van der Waals surface area (Å²) in [5, 5.41) is 0. The smallest absolute Gasteiger partial charge is 0.241 e. The molecular formula is C15H13FN2O3S. The molecule has 0 amide bonds. The van der Waals surface area contributed by atoms with Gasteiger partial charge in [0.1, 0.15) is 11.3 Å². The van der Waals surface area contributed by atoms with Gasteiger partial charge in [0.25, 0.3) is 0 Å². The van der Waals surface area contributed by atoms with Gasteiger partial charge in [-0.15, -0.1) is 0 Å². The number of rotatable bonds is 4. The van der Waals surface area contributed by atoms with E-state index in [4.69, 9.17) is 4.42 Å². The second kappa shape index (κ2) is 5.51. The molecule has 0 saturated carbocycles. The number of aryl methyl sites for hydroxylation is 1. The first kappa shape index (κ1) is 14.7. The molecule has 2 aromatic carbocycles. The second-order valence-corrected chi connectivity index (χ2v) is 6.62. The van der Waals surface area contributed by atoms with Crippen molar-refractivity contribution in [3.05, 3.63) is 59.7 Å². The molecule has 1 N–H and O–H groups in total. The van der Waals surface area contributed by atoms with Gasteiger partial charge in [0.05, 0.1) is 4.90 Å². The highest BCUT2D eigenvalue weighted by molar-refractivity contribution is 7.89. The summed E-state index contributed by atoms with van der Waals surface area (Å²) in [6.07, 6.45) is 1.33. The Balaban J connectivity index is 1.82. The van der Waals surface area contributed by atoms with Gasteiger partial charge in [-0.05, 0) is 48.4 Å². The molecule has 7 heteroatoms. The average Bonchev–Trinajstić information content (AvgIpc) is 2.92. The molecule has 0 unspecified atom stereocenters. The van der Waals surface area contributed by atoms with Crippen molar-refractivity contribution in [2.24, 2.45) is 0 Å². The van der Waals surface area contributed by atoms with E-state index in [2.05, 4.69) is 9.71 Å². The van der Waals surface area contributed by atoms with E-state index in [0.717, 1.165) is 11.6 Å². The highest BCUT2D eigenvalue weighted by atomic mass is 32.2. The van der Waals surface area contributed by atoms with Crippen LogP contribution in [0.25, 0.3) is 11.1 Å². The summed E-state index contributed by atoms with van der Waals surface area (Å²) in [5.41, 5.74) is 2.40. The van der Waals surface area contributed by atoms with Crippen LogP contribution >= 0.6 is 0 Å². The van der Waals surface area contributed by atoms with Crippen molar-refractivity contribution in [3.8, 4) is 0 Å². The Morgan fingerprint density at radius 1 is 1.23 bits per heavy atom. The topological polar surface area (TPSA) is 72.2 Å². The van der Waals surface area contributed by atoms with Gasteiger partial charge in [-0.3, -0.25) is 0 Å². The molecule has 0 fully saturated rings. The summed E-state index contributed by atoms with van der Waals surface area (Å²) in [4.78, 5) is 4.06. The van der Waals surface area contributed by atoms with Gasteiger partial charge < -0.3 is 4.42 Å². The molecule has 0 saturated heterocycles. The van der Waals surface area contributed by atoms with Crippen LogP contribution in [0.4, 0.5) is 4.39 Å². The minimum atomic E-state index is -3.71. The maximum absolute atomic E-state index is 13.1. The second-order valence-electron chi connectivity index (χ2n) is 4.89. The fourth-order valence-electron chi connectivity index (χ4n) is 2.18. The molecule has 22 heavy (non-hydrogen) atoms. The molecule has 0 aliphatic heterocycles. The van der Waals surface area contributed by atoms with E-state index in [1.54, 1.807) is 25.1 Å². The van der Waals surface area contributed by atoms with Gasteiger partial charge in [-0.1, -0.05) is 6.07 Å². The molecule has 0 aliphatic carbocycles. The lowest BCUT2D eigenvalue weighted by atomic mass is 10.2. The Hall–Kier alpha value is -2.25. The number of aromatic nitrogens is 1. The first-order valence-electron chi connectivity index (χ1n) is 6.54. The molecule has 3 rings (SSSR count). The predicted octanol–water partition coefficient (Wildman–Crippen LogP) is 2.75. The molecule has 0 aliphatic rings. The zero-order valence-electron chi connectivity index (χ0n) is 11.7. The number of benzene rings is 2. The largest absolute Gasteiger partial charge is 0.443 e. The molecule has 0 bridgehead atoms. The molecule has 0 radical (unpaired) electrons. The predicted molar refractivity (Wildman–Crippen MR) is 79.2 cm³/mol. The fourth-order valence-corrected chi connectivity index (χ4v) is 3.42. The van der Waals surface area contributed by atoms with Gasteiger partial charge in [0.2, 0.25) is 10.0 Å². The quantitative estimate of drug-likeness (QED) is 0.802. The lowest BCUT2D eigenvalue weighted by Gasteiger charge is -2.09. The van der Waals surface area contributed by atoms with Crippen molar-refractivity contribution in [3.63, 3.8) is 0 Å². The Morgan fingerprint density at radius 3 is 2.82 bits per heavy atom. The summed E-state index contributed by atoms with van der Waals surface area (Å²) in [6.45, 7) is 1.66. The van der Waals surface area contributed by atoms with E-state index in [1.165, 1.54) is 18.5 Å². The van der Waals surface area contributed by atoms with Gasteiger partial charge in [0, 0.05) is 6.54 Å². The molecule has 0 atom stereocenters. The molecule has 0 spiro atoms. The molecule has 1 heterocycles. The molecule has 3 aromatic rings. The number of sulfonamides is 1. The normalized spacial score (nSPS) is 11.9. The number of oxazole rings is 1. The van der Waals surface area contributed by atoms with E-state index in [9.17, 15) is 12.8 Å². The van der Waals surface area contributed by atoms with E-state index in [0.29, 0.717) is 16.7 Å². The third-order valence-electron chi connectivity index (χ3n) is 3.29. The van der Waals surface area contributed by atoms with Crippen LogP contribution in [0.3, 0.4) is 0 Å². The lowest BCUT2D eigenvalue weighted by Crippen LogP contribution is -2.24. The number of fused-ring (bicyclic) bond motifs is 1. The summed E-state index contributed by atoms with van der Waals surface area (Å²) < 4.78 is 45.3. The van der Waals surface area contributed by atoms with Crippen molar-refractivity contribution >= 4 is 21.1 Å². The van der Waals surface area contributed by atoms with Crippen LogP contribution in [-0.2, 0) is 16.6 Å². The molecule has 1 aromatic heterocycles. The number of hydrogen-bond donors (Lipinski definition) is 1. The first-order valence-corrected chi connectivity index (χ1v) is 8.02. The van der Waals surface area contributed by atoms with Gasteiger partial charge in [0.15, 0.2) is 12.0 Å². The molecular weight excluding hydrogens is 307 g/mol. The highest BCUT2D eigenvalue weighted by Gasteiger charge is 2.17.